The minimum absolute atomic E-state index is 0.108. The molecule has 0 radical (unpaired) electrons. The van der Waals surface area contributed by atoms with Crippen molar-refractivity contribution in [3.63, 3.8) is 0 Å². The molecule has 0 aliphatic heterocycles. The highest BCUT2D eigenvalue weighted by Gasteiger charge is 2.26. The molecule has 0 unspecified atom stereocenters. The van der Waals surface area contributed by atoms with Gasteiger partial charge in [-0.1, -0.05) is 48.5 Å². The fraction of sp³-hybridized carbons (Fsp3) is 0.261. The van der Waals surface area contributed by atoms with E-state index in [0.717, 1.165) is 5.56 Å². The van der Waals surface area contributed by atoms with E-state index in [4.69, 9.17) is 4.74 Å². The lowest BCUT2D eigenvalue weighted by Gasteiger charge is -2.20. The number of hydrogen-bond donors (Lipinski definition) is 2. The number of rotatable bonds is 10. The quantitative estimate of drug-likeness (QED) is 0.418. The van der Waals surface area contributed by atoms with Crippen molar-refractivity contribution < 1.29 is 19.1 Å². The largest absolute Gasteiger partial charge is 0.464 e. The zero-order chi connectivity index (χ0) is 22.6. The normalized spacial score (nSPS) is 11.2. The van der Waals surface area contributed by atoms with Crippen LogP contribution in [0, 0.1) is 0 Å². The van der Waals surface area contributed by atoms with Crippen molar-refractivity contribution in [2.24, 2.45) is 0 Å². The molecule has 0 aliphatic rings. The van der Waals surface area contributed by atoms with Crippen LogP contribution in [0.15, 0.2) is 70.6 Å². The molecular formula is C23H26N2O4S2. The predicted molar refractivity (Wildman–Crippen MR) is 127 cm³/mol. The second-order valence-electron chi connectivity index (χ2n) is 6.36. The average Bonchev–Trinajstić information content (AvgIpc) is 2.80. The predicted octanol–water partition coefficient (Wildman–Crippen LogP) is 3.60. The third-order valence-corrected chi connectivity index (χ3v) is 6.39. The summed E-state index contributed by atoms with van der Waals surface area (Å²) in [5.74, 6) is -1.47. The fourth-order valence-corrected chi connectivity index (χ4v) is 4.14. The molecular weight excluding hydrogens is 432 g/mol. The molecule has 2 amide bonds. The van der Waals surface area contributed by atoms with E-state index in [1.165, 1.54) is 23.5 Å². The zero-order valence-electron chi connectivity index (χ0n) is 17.7. The number of esters is 1. The second-order valence-corrected chi connectivity index (χ2v) is 8.25. The molecule has 2 aromatic carbocycles. The molecule has 0 saturated heterocycles. The average molecular weight is 459 g/mol. The highest BCUT2D eigenvalue weighted by molar-refractivity contribution is 8.21. The molecule has 0 fully saturated rings. The Morgan fingerprint density at radius 2 is 1.52 bits per heavy atom. The summed E-state index contributed by atoms with van der Waals surface area (Å²) in [6.45, 7) is 1.92. The first kappa shape index (κ1) is 24.6. The maximum atomic E-state index is 13.2. The number of ether oxygens (including phenoxy) is 1. The van der Waals surface area contributed by atoms with Gasteiger partial charge in [-0.25, -0.2) is 4.79 Å². The third kappa shape index (κ3) is 7.48. The molecule has 0 aliphatic carbocycles. The SMILES string of the molecule is CCOC(=O)[C@H](Cc1ccccc1)NC(=O)C(NC(=O)c1ccccc1)=C(SC)SC. The first-order valence-corrected chi connectivity index (χ1v) is 12.1. The van der Waals surface area contributed by atoms with Crippen molar-refractivity contribution in [1.29, 1.82) is 0 Å². The molecule has 31 heavy (non-hydrogen) atoms. The van der Waals surface area contributed by atoms with Gasteiger partial charge in [0.2, 0.25) is 0 Å². The molecule has 1 atom stereocenters. The van der Waals surface area contributed by atoms with E-state index in [1.807, 2.05) is 48.9 Å². The number of hydrogen-bond acceptors (Lipinski definition) is 6. The minimum atomic E-state index is -0.886. The lowest BCUT2D eigenvalue weighted by Crippen LogP contribution is -2.46. The zero-order valence-corrected chi connectivity index (χ0v) is 19.3. The molecule has 0 heterocycles. The number of nitrogens with one attached hydrogen (secondary N) is 2. The lowest BCUT2D eigenvalue weighted by atomic mass is 10.1. The van der Waals surface area contributed by atoms with E-state index in [0.29, 0.717) is 9.80 Å². The molecule has 6 nitrogen and oxygen atoms in total. The molecule has 2 N–H and O–H groups in total. The highest BCUT2D eigenvalue weighted by atomic mass is 32.2. The van der Waals surface area contributed by atoms with Gasteiger partial charge in [0.15, 0.2) is 0 Å². The van der Waals surface area contributed by atoms with Gasteiger partial charge in [0.1, 0.15) is 11.7 Å². The summed E-state index contributed by atoms with van der Waals surface area (Å²) in [7, 11) is 0. The van der Waals surface area contributed by atoms with Crippen molar-refractivity contribution in [3.05, 3.63) is 81.7 Å². The molecule has 2 aromatic rings. The first-order valence-electron chi connectivity index (χ1n) is 9.70. The Balaban J connectivity index is 2.27. The standard InChI is InChI=1S/C23H26N2O4S2/c1-4-29-22(28)18(15-16-11-7-5-8-12-16)24-21(27)19(23(30-2)31-3)25-20(26)17-13-9-6-10-14-17/h5-14,18H,4,15H2,1-3H3,(H,24,27)(H,25,26)/t18-/m0/s1. The Morgan fingerprint density at radius 3 is 2.06 bits per heavy atom. The van der Waals surface area contributed by atoms with Crippen LogP contribution in [0.25, 0.3) is 0 Å². The number of amides is 2. The van der Waals surface area contributed by atoms with Gasteiger partial charge < -0.3 is 15.4 Å². The summed E-state index contributed by atoms with van der Waals surface area (Å²) in [6, 6.07) is 17.1. The van der Waals surface area contributed by atoms with Gasteiger partial charge in [-0.15, -0.1) is 23.5 Å². The molecule has 0 bridgehead atoms. The second kappa shape index (κ2) is 12.9. The summed E-state index contributed by atoms with van der Waals surface area (Å²) in [5.41, 5.74) is 1.42. The van der Waals surface area contributed by atoms with Crippen LogP contribution in [0.5, 0.6) is 0 Å². The van der Waals surface area contributed by atoms with Crippen LogP contribution >= 0.6 is 23.5 Å². The van der Waals surface area contributed by atoms with Crippen molar-refractivity contribution in [2.75, 3.05) is 19.1 Å². The summed E-state index contributed by atoms with van der Waals surface area (Å²) in [4.78, 5) is 38.3. The van der Waals surface area contributed by atoms with E-state index in [1.54, 1.807) is 31.2 Å². The van der Waals surface area contributed by atoms with Crippen molar-refractivity contribution in [2.45, 2.75) is 19.4 Å². The fourth-order valence-electron chi connectivity index (χ4n) is 2.78. The Morgan fingerprint density at radius 1 is 0.935 bits per heavy atom. The minimum Gasteiger partial charge on any atom is -0.464 e. The topological polar surface area (TPSA) is 84.5 Å². The monoisotopic (exact) mass is 458 g/mol. The van der Waals surface area contributed by atoms with Crippen molar-refractivity contribution in [1.82, 2.24) is 10.6 Å². The Kier molecular flexibility index (Phi) is 10.2. The smallest absolute Gasteiger partial charge is 0.328 e. The summed E-state index contributed by atoms with van der Waals surface area (Å²) in [5, 5.41) is 5.45. The number of carbonyl (C=O) groups excluding carboxylic acids is 3. The van der Waals surface area contributed by atoms with Gasteiger partial charge >= 0.3 is 5.97 Å². The Labute approximate surface area is 191 Å². The molecule has 0 aromatic heterocycles. The summed E-state index contributed by atoms with van der Waals surface area (Å²) >= 11 is 2.69. The van der Waals surface area contributed by atoms with E-state index in [9.17, 15) is 14.4 Å². The summed E-state index contributed by atoms with van der Waals surface area (Å²) in [6.07, 6.45) is 3.92. The van der Waals surface area contributed by atoms with Crippen molar-refractivity contribution >= 4 is 41.3 Å². The molecule has 8 heteroatoms. The molecule has 164 valence electrons. The highest BCUT2D eigenvalue weighted by Crippen LogP contribution is 2.27. The van der Waals surface area contributed by atoms with Gasteiger partial charge in [-0.2, -0.15) is 0 Å². The van der Waals surface area contributed by atoms with Gasteiger partial charge in [0.05, 0.1) is 10.8 Å². The van der Waals surface area contributed by atoms with Crippen LogP contribution in [0.2, 0.25) is 0 Å². The Hall–Kier alpha value is -2.71. The van der Waals surface area contributed by atoms with Crippen LogP contribution < -0.4 is 10.6 Å². The van der Waals surface area contributed by atoms with Crippen molar-refractivity contribution in [3.8, 4) is 0 Å². The van der Waals surface area contributed by atoms with Crippen LogP contribution in [0.3, 0.4) is 0 Å². The van der Waals surface area contributed by atoms with Gasteiger partial charge in [-0.05, 0) is 37.1 Å². The number of benzene rings is 2. The van der Waals surface area contributed by atoms with Crippen LogP contribution in [-0.4, -0.2) is 42.9 Å². The molecule has 2 rings (SSSR count). The first-order chi connectivity index (χ1) is 15.0. The van der Waals surface area contributed by atoms with Crippen LogP contribution in [-0.2, 0) is 20.7 Å². The Bertz CT molecular complexity index is 912. The molecule has 0 saturated carbocycles. The van der Waals surface area contributed by atoms with E-state index >= 15 is 0 Å². The van der Waals surface area contributed by atoms with Crippen LogP contribution in [0.4, 0.5) is 0 Å². The van der Waals surface area contributed by atoms with E-state index in [-0.39, 0.29) is 18.7 Å². The number of thioether (sulfide) groups is 2. The third-order valence-electron chi connectivity index (χ3n) is 4.24. The lowest BCUT2D eigenvalue weighted by molar-refractivity contribution is -0.147. The molecule has 0 spiro atoms. The maximum absolute atomic E-state index is 13.2. The van der Waals surface area contributed by atoms with E-state index < -0.39 is 23.8 Å². The van der Waals surface area contributed by atoms with Gasteiger partial charge in [0.25, 0.3) is 11.8 Å². The van der Waals surface area contributed by atoms with Gasteiger partial charge in [0, 0.05) is 12.0 Å². The van der Waals surface area contributed by atoms with E-state index in [2.05, 4.69) is 10.6 Å². The van der Waals surface area contributed by atoms with Gasteiger partial charge in [-0.3, -0.25) is 9.59 Å². The number of carbonyl (C=O) groups is 3. The van der Waals surface area contributed by atoms with Crippen LogP contribution in [0.1, 0.15) is 22.8 Å². The maximum Gasteiger partial charge on any atom is 0.328 e. The summed E-state index contributed by atoms with van der Waals surface area (Å²) < 4.78 is 5.78.